The average molecular weight is 439 g/mol. The van der Waals surface area contributed by atoms with E-state index >= 15 is 0 Å². The van der Waals surface area contributed by atoms with Crippen molar-refractivity contribution in [2.45, 2.75) is 44.8 Å². The Morgan fingerprint density at radius 2 is 1.94 bits per heavy atom. The maximum Gasteiger partial charge on any atom is 0.407 e. The largest absolute Gasteiger partial charge is 0.444 e. The van der Waals surface area contributed by atoms with E-state index in [-0.39, 0.29) is 24.1 Å². The molecule has 1 unspecified atom stereocenters. The second kappa shape index (κ2) is 11.6. The molecule has 9 heteroatoms. The van der Waals surface area contributed by atoms with Crippen molar-refractivity contribution in [1.82, 2.24) is 16.0 Å². The molecule has 0 saturated carbocycles. The van der Waals surface area contributed by atoms with Crippen molar-refractivity contribution in [1.29, 1.82) is 0 Å². The molecule has 2 saturated heterocycles. The van der Waals surface area contributed by atoms with E-state index in [1.165, 1.54) is 12.1 Å². The second-order valence-electron chi connectivity index (χ2n) is 7.39. The number of nitrogens with zero attached hydrogens (tertiary/aromatic N) is 1. The van der Waals surface area contributed by atoms with E-state index < -0.39 is 23.6 Å². The number of carbonyl (C=O) groups excluding carboxylic acids is 2. The van der Waals surface area contributed by atoms with Gasteiger partial charge < -0.3 is 30.4 Å². The summed E-state index contributed by atoms with van der Waals surface area (Å²) in [6.45, 7) is 9.92. The lowest BCUT2D eigenvalue weighted by Crippen LogP contribution is -2.60. The molecule has 7 nitrogen and oxygen atoms in total. The summed E-state index contributed by atoms with van der Waals surface area (Å²) in [5.41, 5.74) is 0.851. The Kier molecular flexibility index (Phi) is 9.23. The SMILES string of the molecule is C=C(CCC(C=O)c1c(F)cc(N2CC(NC(=O)OC3CNC3)C2)cc1F)NC.CC. The van der Waals surface area contributed by atoms with Gasteiger partial charge in [0.1, 0.15) is 24.0 Å². The molecule has 31 heavy (non-hydrogen) atoms. The van der Waals surface area contributed by atoms with Crippen LogP contribution < -0.4 is 20.9 Å². The van der Waals surface area contributed by atoms with E-state index in [2.05, 4.69) is 22.5 Å². The number of rotatable bonds is 9. The molecule has 2 aliphatic heterocycles. The Hall–Kier alpha value is -2.68. The topological polar surface area (TPSA) is 82.7 Å². The summed E-state index contributed by atoms with van der Waals surface area (Å²) in [6.07, 6.45) is 0.693. The maximum absolute atomic E-state index is 14.6. The quantitative estimate of drug-likeness (QED) is 0.515. The third kappa shape index (κ3) is 6.40. The summed E-state index contributed by atoms with van der Waals surface area (Å²) >= 11 is 0. The molecule has 2 fully saturated rings. The maximum atomic E-state index is 14.6. The predicted molar refractivity (Wildman–Crippen MR) is 116 cm³/mol. The smallest absolute Gasteiger partial charge is 0.407 e. The molecule has 1 amide bonds. The number of alkyl carbamates (subject to hydrolysis) is 1. The van der Waals surface area contributed by atoms with Crippen molar-refractivity contribution in [3.63, 3.8) is 0 Å². The van der Waals surface area contributed by atoms with Gasteiger partial charge in [0, 0.05) is 56.1 Å². The minimum absolute atomic E-state index is 0.0991. The van der Waals surface area contributed by atoms with Gasteiger partial charge in [-0.15, -0.1) is 0 Å². The van der Waals surface area contributed by atoms with Gasteiger partial charge in [-0.2, -0.15) is 0 Å². The molecule has 0 bridgehead atoms. The number of benzene rings is 1. The van der Waals surface area contributed by atoms with Gasteiger partial charge in [0.25, 0.3) is 0 Å². The van der Waals surface area contributed by atoms with E-state index in [1.54, 1.807) is 11.9 Å². The van der Waals surface area contributed by atoms with Gasteiger partial charge in [-0.25, -0.2) is 13.6 Å². The standard InChI is InChI=1S/C20H26F2N4O3.C2H6/c1-12(23-2)3-4-13(11-27)19-17(21)5-15(6-18(19)22)26-9-14(10-26)25-20(28)29-16-7-24-8-16;1-2/h5-6,11,13-14,16,23-24H,1,3-4,7-10H2,2H3,(H,25,28);1-2H3. The van der Waals surface area contributed by atoms with E-state index in [0.717, 1.165) is 0 Å². The zero-order valence-electron chi connectivity index (χ0n) is 18.3. The first kappa shape index (κ1) is 24.6. The second-order valence-corrected chi connectivity index (χ2v) is 7.39. The summed E-state index contributed by atoms with van der Waals surface area (Å²) in [5, 5.41) is 8.60. The van der Waals surface area contributed by atoms with Gasteiger partial charge in [-0.05, 0) is 25.0 Å². The van der Waals surface area contributed by atoms with Crippen molar-refractivity contribution in [3.8, 4) is 0 Å². The molecule has 1 aromatic rings. The molecule has 0 spiro atoms. The molecule has 172 valence electrons. The molecule has 3 rings (SSSR count). The first-order chi connectivity index (χ1) is 14.9. The van der Waals surface area contributed by atoms with Gasteiger partial charge in [-0.3, -0.25) is 0 Å². The summed E-state index contributed by atoms with van der Waals surface area (Å²) in [5.74, 6) is -2.38. The molecule has 2 aliphatic rings. The number of hydrogen-bond donors (Lipinski definition) is 3. The molecule has 0 aliphatic carbocycles. The number of allylic oxidation sites excluding steroid dienone is 1. The fourth-order valence-corrected chi connectivity index (χ4v) is 3.32. The lowest BCUT2D eigenvalue weighted by atomic mass is 9.93. The Morgan fingerprint density at radius 3 is 2.42 bits per heavy atom. The Balaban J connectivity index is 0.00000166. The number of anilines is 1. The summed E-state index contributed by atoms with van der Waals surface area (Å²) in [4.78, 5) is 24.9. The van der Waals surface area contributed by atoms with Crippen molar-refractivity contribution in [3.05, 3.63) is 41.6 Å². The van der Waals surface area contributed by atoms with Crippen molar-refractivity contribution < 1.29 is 23.1 Å². The minimum Gasteiger partial charge on any atom is -0.444 e. The van der Waals surface area contributed by atoms with Crippen LogP contribution in [0.1, 0.15) is 38.2 Å². The Morgan fingerprint density at radius 1 is 1.32 bits per heavy atom. The summed E-state index contributed by atoms with van der Waals surface area (Å²) in [6, 6.07) is 2.32. The average Bonchev–Trinajstić information content (AvgIpc) is 2.70. The number of carbonyl (C=O) groups is 2. The molecule has 1 atom stereocenters. The third-order valence-corrected chi connectivity index (χ3v) is 5.30. The highest BCUT2D eigenvalue weighted by Crippen LogP contribution is 2.31. The molecule has 0 aromatic heterocycles. The van der Waals surface area contributed by atoms with Gasteiger partial charge in [0.05, 0.1) is 6.04 Å². The zero-order chi connectivity index (χ0) is 23.0. The fraction of sp³-hybridized carbons (Fsp3) is 0.545. The van der Waals surface area contributed by atoms with Crippen LogP contribution in [-0.2, 0) is 9.53 Å². The van der Waals surface area contributed by atoms with Gasteiger partial charge >= 0.3 is 6.09 Å². The normalized spacial score (nSPS) is 16.7. The molecule has 2 heterocycles. The van der Waals surface area contributed by atoms with Gasteiger partial charge in [0.15, 0.2) is 0 Å². The highest BCUT2D eigenvalue weighted by molar-refractivity contribution is 5.69. The molecular formula is C22H32F2N4O3. The van der Waals surface area contributed by atoms with Gasteiger partial charge in [-0.1, -0.05) is 20.4 Å². The van der Waals surface area contributed by atoms with Crippen LogP contribution in [0.25, 0.3) is 0 Å². The Labute approximate surface area is 182 Å². The van der Waals surface area contributed by atoms with Crippen molar-refractivity contribution >= 4 is 18.1 Å². The predicted octanol–water partition coefficient (Wildman–Crippen LogP) is 2.67. The van der Waals surface area contributed by atoms with E-state index in [1.807, 2.05) is 13.8 Å². The van der Waals surface area contributed by atoms with Crippen molar-refractivity contribution in [2.24, 2.45) is 0 Å². The summed E-state index contributed by atoms with van der Waals surface area (Å²) in [7, 11) is 1.70. The number of amides is 1. The molecule has 3 N–H and O–H groups in total. The van der Waals surface area contributed by atoms with Crippen LogP contribution in [0, 0.1) is 11.6 Å². The first-order valence-corrected chi connectivity index (χ1v) is 10.6. The van der Waals surface area contributed by atoms with Crippen LogP contribution in [0.4, 0.5) is 19.3 Å². The number of aldehydes is 1. The van der Waals surface area contributed by atoms with Crippen LogP contribution in [0.5, 0.6) is 0 Å². The fourth-order valence-electron chi connectivity index (χ4n) is 3.32. The molecule has 1 aromatic carbocycles. The van der Waals surface area contributed by atoms with E-state index in [4.69, 9.17) is 4.74 Å². The minimum atomic E-state index is -0.879. The first-order valence-electron chi connectivity index (χ1n) is 10.6. The van der Waals surface area contributed by atoms with E-state index in [0.29, 0.717) is 50.3 Å². The van der Waals surface area contributed by atoms with Crippen LogP contribution in [0.15, 0.2) is 24.4 Å². The highest BCUT2D eigenvalue weighted by atomic mass is 19.1. The van der Waals surface area contributed by atoms with Crippen LogP contribution in [0.3, 0.4) is 0 Å². The Bertz CT molecular complexity index is 757. The monoisotopic (exact) mass is 438 g/mol. The lowest BCUT2D eigenvalue weighted by molar-refractivity contribution is -0.109. The highest BCUT2D eigenvalue weighted by Gasteiger charge is 2.32. The molecule has 0 radical (unpaired) electrons. The number of halogens is 2. The third-order valence-electron chi connectivity index (χ3n) is 5.30. The molecular weight excluding hydrogens is 406 g/mol. The van der Waals surface area contributed by atoms with Crippen LogP contribution in [-0.4, -0.2) is 57.8 Å². The number of ether oxygens (including phenoxy) is 1. The lowest BCUT2D eigenvalue weighted by Gasteiger charge is -2.41. The summed E-state index contributed by atoms with van der Waals surface area (Å²) < 4.78 is 34.4. The number of nitrogens with one attached hydrogen (secondary N) is 3. The zero-order valence-corrected chi connectivity index (χ0v) is 18.3. The van der Waals surface area contributed by atoms with Crippen LogP contribution >= 0.6 is 0 Å². The van der Waals surface area contributed by atoms with Crippen molar-refractivity contribution in [2.75, 3.05) is 38.1 Å². The van der Waals surface area contributed by atoms with Gasteiger partial charge in [0.2, 0.25) is 0 Å². The van der Waals surface area contributed by atoms with Crippen LogP contribution in [0.2, 0.25) is 0 Å². The van der Waals surface area contributed by atoms with E-state index in [9.17, 15) is 18.4 Å². The number of hydrogen-bond acceptors (Lipinski definition) is 6.